The van der Waals surface area contributed by atoms with Gasteiger partial charge in [0.25, 0.3) is 0 Å². The van der Waals surface area contributed by atoms with E-state index in [2.05, 4.69) is 30.5 Å². The molecule has 0 amide bonds. The van der Waals surface area contributed by atoms with Crippen molar-refractivity contribution < 1.29 is 9.47 Å². The molecule has 10 nitrogen and oxygen atoms in total. The fourth-order valence-electron chi connectivity index (χ4n) is 3.45. The number of para-hydroxylation sites is 2. The highest BCUT2D eigenvalue weighted by molar-refractivity contribution is 5.51. The van der Waals surface area contributed by atoms with Crippen molar-refractivity contribution in [3.05, 3.63) is 48.5 Å². The van der Waals surface area contributed by atoms with Crippen LogP contribution in [0, 0.1) is 0 Å². The van der Waals surface area contributed by atoms with E-state index in [-0.39, 0.29) is 0 Å². The number of benzene rings is 2. The molecule has 2 unspecified atom stereocenters. The molecule has 0 aliphatic carbocycles. The van der Waals surface area contributed by atoms with Gasteiger partial charge in [-0.25, -0.2) is 5.01 Å². The van der Waals surface area contributed by atoms with Gasteiger partial charge in [-0.05, 0) is 24.3 Å². The van der Waals surface area contributed by atoms with Crippen LogP contribution >= 0.6 is 0 Å². The Labute approximate surface area is 175 Å². The highest BCUT2D eigenvalue weighted by atomic mass is 16.5. The summed E-state index contributed by atoms with van der Waals surface area (Å²) >= 11 is 0. The monoisotopic (exact) mass is 410 g/mol. The van der Waals surface area contributed by atoms with Crippen molar-refractivity contribution in [2.45, 2.75) is 0 Å². The predicted molar refractivity (Wildman–Crippen MR) is 112 cm³/mol. The average Bonchev–Trinajstić information content (AvgIpc) is 2.93. The molecule has 2 heterocycles. The largest absolute Gasteiger partial charge is 0.494 e. The number of methoxy groups -OCH3 is 2. The van der Waals surface area contributed by atoms with Crippen molar-refractivity contribution in [1.29, 1.82) is 0 Å². The molecule has 2 bridgehead atoms. The van der Waals surface area contributed by atoms with Crippen molar-refractivity contribution in [3.63, 3.8) is 0 Å². The van der Waals surface area contributed by atoms with Gasteiger partial charge in [-0.3, -0.25) is 14.8 Å². The second kappa shape index (κ2) is 9.51. The Morgan fingerprint density at radius 2 is 1.17 bits per heavy atom. The summed E-state index contributed by atoms with van der Waals surface area (Å²) < 4.78 is 10.7. The highest BCUT2D eigenvalue weighted by Gasteiger charge is 2.27. The van der Waals surface area contributed by atoms with Crippen molar-refractivity contribution in [2.75, 3.05) is 54.0 Å². The van der Waals surface area contributed by atoms with Gasteiger partial charge < -0.3 is 9.47 Å². The van der Waals surface area contributed by atoms with Gasteiger partial charge in [0.05, 0.1) is 47.4 Å². The summed E-state index contributed by atoms with van der Waals surface area (Å²) in [4.78, 5) is 4.56. The van der Waals surface area contributed by atoms with E-state index in [4.69, 9.17) is 9.47 Å². The van der Waals surface area contributed by atoms with E-state index in [0.29, 0.717) is 37.2 Å². The lowest BCUT2D eigenvalue weighted by Gasteiger charge is -2.37. The van der Waals surface area contributed by atoms with Crippen LogP contribution in [0.15, 0.2) is 69.2 Å². The molecule has 30 heavy (non-hydrogen) atoms. The van der Waals surface area contributed by atoms with Gasteiger partial charge in [-0.2, -0.15) is 0 Å². The number of nitrogens with zero attached hydrogens (tertiary/aromatic N) is 8. The first-order valence-corrected chi connectivity index (χ1v) is 9.79. The van der Waals surface area contributed by atoms with Crippen molar-refractivity contribution in [1.82, 2.24) is 19.8 Å². The van der Waals surface area contributed by atoms with Gasteiger partial charge in [-0.15, -0.1) is 10.2 Å². The second-order valence-electron chi connectivity index (χ2n) is 7.09. The maximum atomic E-state index is 5.34. The summed E-state index contributed by atoms with van der Waals surface area (Å²) in [5.41, 5.74) is 1.43. The Kier molecular flexibility index (Phi) is 6.35. The number of rotatable bonds is 6. The van der Waals surface area contributed by atoms with Crippen molar-refractivity contribution in [3.8, 4) is 11.5 Å². The van der Waals surface area contributed by atoms with E-state index in [9.17, 15) is 0 Å². The van der Waals surface area contributed by atoms with Crippen LogP contribution in [0.2, 0.25) is 0 Å². The Balaban J connectivity index is 1.40. The lowest BCUT2D eigenvalue weighted by atomic mass is 10.3. The first-order chi connectivity index (χ1) is 14.7. The minimum Gasteiger partial charge on any atom is -0.494 e. The van der Waals surface area contributed by atoms with E-state index in [1.165, 1.54) is 0 Å². The summed E-state index contributed by atoms with van der Waals surface area (Å²) in [5, 5.41) is 21.5. The Morgan fingerprint density at radius 3 is 1.80 bits per heavy atom. The quantitative estimate of drug-likeness (QED) is 0.679. The van der Waals surface area contributed by atoms with Crippen LogP contribution in [0.25, 0.3) is 0 Å². The summed E-state index contributed by atoms with van der Waals surface area (Å²) in [7, 11) is 3.27. The molecule has 2 aromatic carbocycles. The van der Waals surface area contributed by atoms with Crippen molar-refractivity contribution >= 4 is 11.4 Å². The standard InChI is InChI=1S/C20H26N8O2/c1-29-19-9-5-3-7-17(19)21-23-27-12-11-25-13-26(15-27)16-28(14-25)24-22-18-8-4-6-10-20(18)30-2/h3-10H,11-16H2,1-2H3. The van der Waals surface area contributed by atoms with E-state index in [0.717, 1.165) is 25.4 Å². The number of hydrogen-bond acceptors (Lipinski definition) is 8. The number of fused-ring (bicyclic) bond motifs is 2. The average molecular weight is 410 g/mol. The molecule has 0 saturated carbocycles. The molecular weight excluding hydrogens is 384 g/mol. The molecule has 2 fully saturated rings. The topological polar surface area (TPSA) is 80.9 Å². The van der Waals surface area contributed by atoms with Gasteiger partial charge >= 0.3 is 0 Å². The van der Waals surface area contributed by atoms with Crippen LogP contribution in [0.4, 0.5) is 11.4 Å². The van der Waals surface area contributed by atoms with Gasteiger partial charge in [0, 0.05) is 6.54 Å². The third-order valence-electron chi connectivity index (χ3n) is 4.89. The van der Waals surface area contributed by atoms with Gasteiger partial charge in [0.2, 0.25) is 0 Å². The molecule has 2 aromatic rings. The van der Waals surface area contributed by atoms with Crippen LogP contribution in [0.3, 0.4) is 0 Å². The lowest BCUT2D eigenvalue weighted by molar-refractivity contribution is -0.0290. The minimum atomic E-state index is 0.663. The van der Waals surface area contributed by atoms with Crippen LogP contribution in [-0.2, 0) is 0 Å². The van der Waals surface area contributed by atoms with Crippen LogP contribution in [0.5, 0.6) is 11.5 Å². The third kappa shape index (κ3) is 4.84. The summed E-state index contributed by atoms with van der Waals surface area (Å²) in [6.45, 7) is 4.55. The summed E-state index contributed by atoms with van der Waals surface area (Å²) in [6, 6.07) is 15.2. The molecule has 2 atom stereocenters. The minimum absolute atomic E-state index is 0.663. The molecule has 158 valence electrons. The molecule has 4 rings (SSSR count). The maximum Gasteiger partial charge on any atom is 0.146 e. The van der Waals surface area contributed by atoms with Crippen LogP contribution in [-0.4, -0.2) is 73.8 Å². The van der Waals surface area contributed by atoms with Crippen LogP contribution < -0.4 is 9.47 Å². The zero-order valence-corrected chi connectivity index (χ0v) is 17.3. The predicted octanol–water partition coefficient (Wildman–Crippen LogP) is 3.47. The van der Waals surface area contributed by atoms with Crippen molar-refractivity contribution in [2.24, 2.45) is 20.7 Å². The number of ether oxygens (including phenoxy) is 2. The van der Waals surface area contributed by atoms with E-state index in [1.807, 2.05) is 58.5 Å². The molecule has 2 saturated heterocycles. The zero-order chi connectivity index (χ0) is 20.8. The smallest absolute Gasteiger partial charge is 0.146 e. The third-order valence-corrected chi connectivity index (χ3v) is 4.89. The van der Waals surface area contributed by atoms with E-state index >= 15 is 0 Å². The molecular formula is C20H26N8O2. The normalized spacial score (nSPS) is 21.8. The molecule has 0 aromatic heterocycles. The van der Waals surface area contributed by atoms with Gasteiger partial charge in [-0.1, -0.05) is 34.7 Å². The molecule has 2 aliphatic rings. The second-order valence-corrected chi connectivity index (χ2v) is 7.09. The molecule has 0 spiro atoms. The van der Waals surface area contributed by atoms with E-state index < -0.39 is 0 Å². The summed E-state index contributed by atoms with van der Waals surface area (Å²) in [5.74, 6) is 1.42. The molecule has 0 radical (unpaired) electrons. The Hall–Kier alpha value is -3.24. The highest BCUT2D eigenvalue weighted by Crippen LogP contribution is 2.28. The first-order valence-electron chi connectivity index (χ1n) is 9.79. The molecule has 2 aliphatic heterocycles. The van der Waals surface area contributed by atoms with E-state index in [1.54, 1.807) is 14.2 Å². The maximum absolute atomic E-state index is 5.34. The lowest BCUT2D eigenvalue weighted by Crippen LogP contribution is -2.52. The van der Waals surface area contributed by atoms with Gasteiger partial charge in [0.15, 0.2) is 0 Å². The van der Waals surface area contributed by atoms with Gasteiger partial charge in [0.1, 0.15) is 22.9 Å². The summed E-state index contributed by atoms with van der Waals surface area (Å²) in [6.07, 6.45) is 0. The Bertz CT molecular complexity index is 850. The fourth-order valence-corrected chi connectivity index (χ4v) is 3.45. The molecule has 10 heteroatoms. The first kappa shape index (κ1) is 20.0. The Morgan fingerprint density at radius 1 is 0.633 bits per heavy atom. The van der Waals surface area contributed by atoms with Crippen LogP contribution in [0.1, 0.15) is 0 Å². The SMILES string of the molecule is COc1ccccc1N=NN1CCN2CN(C1)CN(N=Nc1ccccc1OC)C2. The fraction of sp³-hybridized carbons (Fsp3) is 0.400. The number of hydrogen-bond donors (Lipinski definition) is 0. The molecule has 0 N–H and O–H groups in total. The zero-order valence-electron chi connectivity index (χ0n) is 17.3.